The summed E-state index contributed by atoms with van der Waals surface area (Å²) in [6.07, 6.45) is -0.984. The third-order valence-corrected chi connectivity index (χ3v) is 4.59. The zero-order valence-corrected chi connectivity index (χ0v) is 13.6. The summed E-state index contributed by atoms with van der Waals surface area (Å²) in [5, 5.41) is 21.6. The minimum atomic E-state index is -1.96. The number of aliphatic hydroxyl groups is 1. The van der Waals surface area contributed by atoms with Crippen LogP contribution in [-0.2, 0) is 5.60 Å². The van der Waals surface area contributed by atoms with Gasteiger partial charge >= 0.3 is 0 Å². The van der Waals surface area contributed by atoms with Gasteiger partial charge < -0.3 is 29.2 Å². The summed E-state index contributed by atoms with van der Waals surface area (Å²) in [4.78, 5) is 13.2. The number of phenolic OH excluding ortho intramolecular Hbond substituents is 1. The van der Waals surface area contributed by atoms with Gasteiger partial charge in [0.2, 0.25) is 11.5 Å². The number of carbonyl (C=O) groups excluding carboxylic acids is 1. The van der Waals surface area contributed by atoms with Gasteiger partial charge in [0.1, 0.15) is 23.7 Å². The predicted octanol–water partition coefficient (Wildman–Crippen LogP) is 1.63. The molecule has 0 amide bonds. The molecule has 0 aromatic heterocycles. The summed E-state index contributed by atoms with van der Waals surface area (Å²) < 4.78 is 21.9. The van der Waals surface area contributed by atoms with Gasteiger partial charge in [-0.2, -0.15) is 0 Å². The normalized spacial score (nSPS) is 23.5. The fraction of sp³-hybridized carbons (Fsp3) is 0.278. The molecule has 130 valence electrons. The molecule has 0 fully saturated rings. The number of rotatable bonds is 2. The molecule has 0 aliphatic carbocycles. The van der Waals surface area contributed by atoms with E-state index in [4.69, 9.17) is 18.9 Å². The monoisotopic (exact) mass is 344 g/mol. The number of ether oxygens (including phenoxy) is 4. The van der Waals surface area contributed by atoms with Crippen molar-refractivity contribution >= 4 is 5.78 Å². The molecule has 7 nitrogen and oxygen atoms in total. The number of benzene rings is 2. The fourth-order valence-corrected chi connectivity index (χ4v) is 3.37. The van der Waals surface area contributed by atoms with Gasteiger partial charge in [-0.15, -0.1) is 0 Å². The maximum absolute atomic E-state index is 13.2. The van der Waals surface area contributed by atoms with Crippen molar-refractivity contribution in [3.8, 4) is 28.7 Å². The Kier molecular flexibility index (Phi) is 3.30. The molecular weight excluding hydrogens is 328 g/mol. The summed E-state index contributed by atoms with van der Waals surface area (Å²) in [5.74, 6) is -0.205. The topological polar surface area (TPSA) is 94.5 Å². The zero-order valence-electron chi connectivity index (χ0n) is 13.6. The van der Waals surface area contributed by atoms with E-state index in [0.717, 1.165) is 0 Å². The number of phenols is 1. The molecule has 2 aromatic rings. The van der Waals surface area contributed by atoms with E-state index in [2.05, 4.69) is 0 Å². The van der Waals surface area contributed by atoms with E-state index in [0.29, 0.717) is 11.3 Å². The Labute approximate surface area is 143 Å². The molecule has 0 spiro atoms. The number of fused-ring (bicyclic) bond motifs is 4. The third kappa shape index (κ3) is 1.93. The maximum Gasteiger partial charge on any atom is 0.210 e. The van der Waals surface area contributed by atoms with Crippen molar-refractivity contribution in [1.82, 2.24) is 0 Å². The van der Waals surface area contributed by atoms with Gasteiger partial charge in [-0.3, -0.25) is 4.79 Å². The number of methoxy groups -OCH3 is 2. The van der Waals surface area contributed by atoms with E-state index in [-0.39, 0.29) is 35.2 Å². The minimum absolute atomic E-state index is 0.0280. The van der Waals surface area contributed by atoms with Crippen LogP contribution in [0.1, 0.15) is 15.9 Å². The molecule has 2 aromatic carbocycles. The zero-order chi connectivity index (χ0) is 17.8. The highest BCUT2D eigenvalue weighted by Gasteiger charge is 2.57. The second kappa shape index (κ2) is 5.29. The van der Waals surface area contributed by atoms with Crippen LogP contribution in [0.4, 0.5) is 0 Å². The maximum atomic E-state index is 13.2. The summed E-state index contributed by atoms with van der Waals surface area (Å²) in [7, 11) is 2.81. The largest absolute Gasteiger partial charge is 0.507 e. The smallest absolute Gasteiger partial charge is 0.210 e. The van der Waals surface area contributed by atoms with E-state index in [1.165, 1.54) is 20.3 Å². The molecule has 4 rings (SSSR count). The minimum Gasteiger partial charge on any atom is -0.507 e. The van der Waals surface area contributed by atoms with Crippen molar-refractivity contribution in [3.05, 3.63) is 41.5 Å². The number of hydrogen-bond donors (Lipinski definition) is 2. The average Bonchev–Trinajstić information content (AvgIpc) is 2.62. The quantitative estimate of drug-likeness (QED) is 0.855. The van der Waals surface area contributed by atoms with E-state index in [1.807, 2.05) is 0 Å². The molecule has 2 aliphatic heterocycles. The molecule has 2 aliphatic rings. The summed E-state index contributed by atoms with van der Waals surface area (Å²) in [6.45, 7) is -0.0280. The van der Waals surface area contributed by atoms with Crippen molar-refractivity contribution in [2.45, 2.75) is 11.7 Å². The van der Waals surface area contributed by atoms with Crippen LogP contribution in [0, 0.1) is 0 Å². The van der Waals surface area contributed by atoms with Crippen molar-refractivity contribution < 1.29 is 34.0 Å². The summed E-state index contributed by atoms with van der Waals surface area (Å²) in [5.41, 5.74) is -1.80. The number of aromatic hydroxyl groups is 1. The first-order valence-electron chi connectivity index (χ1n) is 7.66. The van der Waals surface area contributed by atoms with Gasteiger partial charge in [-0.1, -0.05) is 18.2 Å². The van der Waals surface area contributed by atoms with E-state index in [9.17, 15) is 15.0 Å². The van der Waals surface area contributed by atoms with Crippen molar-refractivity contribution in [2.24, 2.45) is 0 Å². The molecule has 0 saturated carbocycles. The SMILES string of the molecule is COc1cc(O)c2c(c1OC)OC1COc3ccccc3C1(O)C2=O. The average molecular weight is 344 g/mol. The molecule has 2 unspecified atom stereocenters. The second-order valence-corrected chi connectivity index (χ2v) is 5.84. The molecule has 25 heavy (non-hydrogen) atoms. The van der Waals surface area contributed by atoms with Gasteiger partial charge in [-0.05, 0) is 6.07 Å². The first kappa shape index (κ1) is 15.6. The predicted molar refractivity (Wildman–Crippen MR) is 85.8 cm³/mol. The van der Waals surface area contributed by atoms with Crippen LogP contribution in [0.2, 0.25) is 0 Å². The summed E-state index contributed by atoms with van der Waals surface area (Å²) >= 11 is 0. The van der Waals surface area contributed by atoms with Crippen LogP contribution in [0.3, 0.4) is 0 Å². The molecule has 7 heteroatoms. The number of ketones is 1. The molecule has 0 bridgehead atoms. The van der Waals surface area contributed by atoms with Crippen LogP contribution < -0.4 is 18.9 Å². The Balaban J connectivity index is 1.97. The highest BCUT2D eigenvalue weighted by Crippen LogP contribution is 2.53. The first-order valence-corrected chi connectivity index (χ1v) is 7.66. The van der Waals surface area contributed by atoms with Gasteiger partial charge in [-0.25, -0.2) is 0 Å². The molecular formula is C18H16O7. The fourth-order valence-electron chi connectivity index (χ4n) is 3.37. The Hall–Kier alpha value is -2.93. The second-order valence-electron chi connectivity index (χ2n) is 5.84. The van der Waals surface area contributed by atoms with E-state index >= 15 is 0 Å². The molecule has 0 radical (unpaired) electrons. The van der Waals surface area contributed by atoms with Gasteiger partial charge in [0.15, 0.2) is 23.2 Å². The van der Waals surface area contributed by atoms with Crippen molar-refractivity contribution in [3.63, 3.8) is 0 Å². The highest BCUT2D eigenvalue weighted by molar-refractivity contribution is 6.10. The first-order chi connectivity index (χ1) is 12.0. The number of hydrogen-bond acceptors (Lipinski definition) is 7. The van der Waals surface area contributed by atoms with Crippen molar-refractivity contribution in [1.29, 1.82) is 0 Å². The van der Waals surface area contributed by atoms with Crippen LogP contribution in [-0.4, -0.2) is 42.9 Å². The Morgan fingerprint density at radius 1 is 1.24 bits per heavy atom. The standard InChI is InChI=1S/C18H16O7/c1-22-12-7-10(19)14-16(15(12)23-2)25-13-8-24-11-6-4-3-5-9(11)18(13,21)17(14)20/h3-7,13,19,21H,8H2,1-2H3. The summed E-state index contributed by atoms with van der Waals surface area (Å²) in [6, 6.07) is 7.97. The van der Waals surface area contributed by atoms with Crippen molar-refractivity contribution in [2.75, 3.05) is 20.8 Å². The van der Waals surface area contributed by atoms with Gasteiger partial charge in [0.05, 0.1) is 14.2 Å². The Bertz CT molecular complexity index is 876. The highest BCUT2D eigenvalue weighted by atomic mass is 16.6. The number of carbonyl (C=O) groups is 1. The van der Waals surface area contributed by atoms with Crippen LogP contribution in [0.25, 0.3) is 0 Å². The van der Waals surface area contributed by atoms with Crippen LogP contribution in [0.15, 0.2) is 30.3 Å². The van der Waals surface area contributed by atoms with E-state index < -0.39 is 17.5 Å². The molecule has 2 N–H and O–H groups in total. The van der Waals surface area contributed by atoms with Crippen LogP contribution >= 0.6 is 0 Å². The Morgan fingerprint density at radius 3 is 2.72 bits per heavy atom. The lowest BCUT2D eigenvalue weighted by Crippen LogP contribution is -2.57. The number of para-hydroxylation sites is 1. The molecule has 0 saturated heterocycles. The lowest BCUT2D eigenvalue weighted by molar-refractivity contribution is -0.0808. The van der Waals surface area contributed by atoms with Gasteiger partial charge in [0, 0.05) is 11.6 Å². The third-order valence-electron chi connectivity index (χ3n) is 4.59. The lowest BCUT2D eigenvalue weighted by atomic mass is 9.77. The van der Waals surface area contributed by atoms with Crippen LogP contribution in [0.5, 0.6) is 28.7 Å². The van der Waals surface area contributed by atoms with E-state index in [1.54, 1.807) is 24.3 Å². The molecule has 2 atom stereocenters. The van der Waals surface area contributed by atoms with Gasteiger partial charge in [0.25, 0.3) is 0 Å². The Morgan fingerprint density at radius 2 is 2.00 bits per heavy atom. The molecule has 2 heterocycles. The number of Topliss-reactive ketones (excluding diaryl/α,β-unsaturated/α-hetero) is 1. The lowest BCUT2D eigenvalue weighted by Gasteiger charge is -2.43.